The normalized spacial score (nSPS) is 17.1. The molecular formula is C12H24N2O3. The first-order valence-electron chi connectivity index (χ1n) is 5.81. The predicted octanol–water partition coefficient (Wildman–Crippen LogP) is 0.977. The average Bonchev–Trinajstić information content (AvgIpc) is 2.22. The summed E-state index contributed by atoms with van der Waals surface area (Å²) in [4.78, 5) is 22.8. The van der Waals surface area contributed by atoms with E-state index in [1.807, 2.05) is 20.8 Å². The molecule has 0 saturated carbocycles. The van der Waals surface area contributed by atoms with Crippen molar-refractivity contribution in [2.75, 3.05) is 6.54 Å². The Morgan fingerprint density at radius 2 is 1.76 bits per heavy atom. The van der Waals surface area contributed by atoms with Crippen molar-refractivity contribution < 1.29 is 14.7 Å². The van der Waals surface area contributed by atoms with E-state index in [1.54, 1.807) is 13.8 Å². The van der Waals surface area contributed by atoms with E-state index >= 15 is 0 Å². The van der Waals surface area contributed by atoms with Crippen LogP contribution < -0.4 is 11.1 Å². The molecule has 5 nitrogen and oxygen atoms in total. The van der Waals surface area contributed by atoms with Crippen molar-refractivity contribution in [2.45, 2.75) is 47.1 Å². The summed E-state index contributed by atoms with van der Waals surface area (Å²) in [6, 6.07) is -0.641. The number of amides is 1. The van der Waals surface area contributed by atoms with Gasteiger partial charge in [0.1, 0.15) is 0 Å². The lowest BCUT2D eigenvalue weighted by atomic mass is 9.85. The summed E-state index contributed by atoms with van der Waals surface area (Å²) in [5.74, 6) is -1.22. The van der Waals surface area contributed by atoms with Gasteiger partial charge in [0.15, 0.2) is 0 Å². The molecule has 17 heavy (non-hydrogen) atoms. The Morgan fingerprint density at radius 3 is 2.06 bits per heavy atom. The van der Waals surface area contributed by atoms with E-state index in [1.165, 1.54) is 0 Å². The second-order valence-corrected chi connectivity index (χ2v) is 5.78. The molecule has 0 spiro atoms. The molecule has 1 unspecified atom stereocenters. The maximum atomic E-state index is 11.7. The van der Waals surface area contributed by atoms with Crippen molar-refractivity contribution >= 4 is 11.9 Å². The SMILES string of the molecule is CCC(C)(CNC(=O)[C@@H](N)C(C)(C)C)C(=O)O. The van der Waals surface area contributed by atoms with Crippen LogP contribution in [0, 0.1) is 10.8 Å². The zero-order chi connectivity index (χ0) is 13.9. The number of carboxylic acid groups (broad SMARTS) is 1. The van der Waals surface area contributed by atoms with Gasteiger partial charge in [-0.2, -0.15) is 0 Å². The van der Waals surface area contributed by atoms with E-state index in [0.717, 1.165) is 0 Å². The molecule has 1 amide bonds. The molecule has 0 aromatic rings. The molecule has 0 aliphatic heterocycles. The molecule has 0 heterocycles. The molecular weight excluding hydrogens is 220 g/mol. The monoisotopic (exact) mass is 244 g/mol. The van der Waals surface area contributed by atoms with Gasteiger partial charge in [-0.05, 0) is 18.8 Å². The number of nitrogens with two attached hydrogens (primary N) is 1. The number of hydrogen-bond acceptors (Lipinski definition) is 3. The van der Waals surface area contributed by atoms with Crippen molar-refractivity contribution in [1.82, 2.24) is 5.32 Å². The van der Waals surface area contributed by atoms with Gasteiger partial charge in [0.2, 0.25) is 5.91 Å². The quantitative estimate of drug-likeness (QED) is 0.672. The second-order valence-electron chi connectivity index (χ2n) is 5.78. The smallest absolute Gasteiger partial charge is 0.311 e. The van der Waals surface area contributed by atoms with Crippen LogP contribution in [0.2, 0.25) is 0 Å². The van der Waals surface area contributed by atoms with Crippen LogP contribution in [-0.4, -0.2) is 29.6 Å². The van der Waals surface area contributed by atoms with E-state index < -0.39 is 17.4 Å². The van der Waals surface area contributed by atoms with Crippen molar-refractivity contribution in [2.24, 2.45) is 16.6 Å². The Kier molecular flexibility index (Phi) is 5.13. The van der Waals surface area contributed by atoms with Gasteiger partial charge in [-0.3, -0.25) is 9.59 Å². The highest BCUT2D eigenvalue weighted by molar-refractivity contribution is 5.83. The molecule has 0 aromatic carbocycles. The minimum absolute atomic E-state index is 0.0987. The fourth-order valence-corrected chi connectivity index (χ4v) is 1.14. The van der Waals surface area contributed by atoms with Gasteiger partial charge in [-0.1, -0.05) is 27.7 Å². The minimum Gasteiger partial charge on any atom is -0.481 e. The summed E-state index contributed by atoms with van der Waals surface area (Å²) >= 11 is 0. The van der Waals surface area contributed by atoms with Crippen LogP contribution in [0.1, 0.15) is 41.0 Å². The number of aliphatic carboxylic acids is 1. The van der Waals surface area contributed by atoms with E-state index in [9.17, 15) is 9.59 Å². The summed E-state index contributed by atoms with van der Waals surface area (Å²) < 4.78 is 0. The Morgan fingerprint density at radius 1 is 1.29 bits per heavy atom. The fraction of sp³-hybridized carbons (Fsp3) is 0.833. The highest BCUT2D eigenvalue weighted by atomic mass is 16.4. The third-order valence-corrected chi connectivity index (χ3v) is 3.16. The number of nitrogens with one attached hydrogen (secondary N) is 1. The van der Waals surface area contributed by atoms with E-state index in [4.69, 9.17) is 10.8 Å². The molecule has 0 aromatic heterocycles. The predicted molar refractivity (Wildman–Crippen MR) is 66.5 cm³/mol. The third-order valence-electron chi connectivity index (χ3n) is 3.16. The summed E-state index contributed by atoms with van der Waals surface area (Å²) in [6.07, 6.45) is 0.452. The van der Waals surface area contributed by atoms with Gasteiger partial charge in [0.05, 0.1) is 11.5 Å². The lowest BCUT2D eigenvalue weighted by molar-refractivity contribution is -0.148. The zero-order valence-electron chi connectivity index (χ0n) is 11.3. The van der Waals surface area contributed by atoms with E-state index in [-0.39, 0.29) is 17.9 Å². The first-order valence-corrected chi connectivity index (χ1v) is 5.81. The molecule has 0 radical (unpaired) electrons. The van der Waals surface area contributed by atoms with E-state index in [0.29, 0.717) is 6.42 Å². The Labute approximate surface area is 103 Å². The van der Waals surface area contributed by atoms with E-state index in [2.05, 4.69) is 5.32 Å². The summed E-state index contributed by atoms with van der Waals surface area (Å²) in [6.45, 7) is 9.10. The highest BCUT2D eigenvalue weighted by Gasteiger charge is 2.33. The molecule has 0 aliphatic rings. The highest BCUT2D eigenvalue weighted by Crippen LogP contribution is 2.21. The maximum Gasteiger partial charge on any atom is 0.311 e. The van der Waals surface area contributed by atoms with Crippen molar-refractivity contribution in [3.8, 4) is 0 Å². The summed E-state index contributed by atoms with van der Waals surface area (Å²) in [7, 11) is 0. The topological polar surface area (TPSA) is 92.4 Å². The molecule has 0 bridgehead atoms. The number of rotatable bonds is 5. The first kappa shape index (κ1) is 15.9. The standard InChI is InChI=1S/C12H24N2O3/c1-6-12(5,10(16)17)7-14-9(15)8(13)11(2,3)4/h8H,6-7,13H2,1-5H3,(H,14,15)(H,16,17)/t8-,12?/m1/s1. The molecule has 0 aliphatic carbocycles. The molecule has 0 rings (SSSR count). The van der Waals surface area contributed by atoms with Crippen LogP contribution in [0.3, 0.4) is 0 Å². The molecule has 100 valence electrons. The Bertz CT molecular complexity index is 297. The number of hydrogen-bond donors (Lipinski definition) is 3. The van der Waals surface area contributed by atoms with Gasteiger partial charge in [0.25, 0.3) is 0 Å². The minimum atomic E-state index is -0.937. The average molecular weight is 244 g/mol. The Hall–Kier alpha value is -1.10. The molecule has 4 N–H and O–H groups in total. The number of carbonyl (C=O) groups is 2. The summed E-state index contributed by atoms with van der Waals surface area (Å²) in [5.41, 5.74) is 4.51. The molecule has 0 fully saturated rings. The lowest BCUT2D eigenvalue weighted by Gasteiger charge is -2.28. The number of carbonyl (C=O) groups excluding carboxylic acids is 1. The van der Waals surface area contributed by atoms with Gasteiger partial charge >= 0.3 is 5.97 Å². The maximum absolute atomic E-state index is 11.7. The van der Waals surface area contributed by atoms with Crippen molar-refractivity contribution in [1.29, 1.82) is 0 Å². The second kappa shape index (κ2) is 5.49. The molecule has 0 saturated heterocycles. The van der Waals surface area contributed by atoms with Crippen LogP contribution in [0.25, 0.3) is 0 Å². The zero-order valence-corrected chi connectivity index (χ0v) is 11.3. The van der Waals surface area contributed by atoms with Gasteiger partial charge in [-0.25, -0.2) is 0 Å². The molecule has 2 atom stereocenters. The van der Waals surface area contributed by atoms with Gasteiger partial charge < -0.3 is 16.2 Å². The fourth-order valence-electron chi connectivity index (χ4n) is 1.14. The van der Waals surface area contributed by atoms with Gasteiger partial charge in [-0.15, -0.1) is 0 Å². The molecule has 5 heteroatoms. The summed E-state index contributed by atoms with van der Waals surface area (Å²) in [5, 5.41) is 11.7. The number of carboxylic acids is 1. The van der Waals surface area contributed by atoms with Crippen LogP contribution in [0.4, 0.5) is 0 Å². The van der Waals surface area contributed by atoms with Crippen molar-refractivity contribution in [3.63, 3.8) is 0 Å². The lowest BCUT2D eigenvalue weighted by Crippen LogP contribution is -2.51. The van der Waals surface area contributed by atoms with Crippen LogP contribution >= 0.6 is 0 Å². The third kappa shape index (κ3) is 4.34. The van der Waals surface area contributed by atoms with Crippen LogP contribution in [-0.2, 0) is 9.59 Å². The van der Waals surface area contributed by atoms with Crippen LogP contribution in [0.15, 0.2) is 0 Å². The van der Waals surface area contributed by atoms with Crippen LogP contribution in [0.5, 0.6) is 0 Å². The van der Waals surface area contributed by atoms with Gasteiger partial charge in [0, 0.05) is 6.54 Å². The largest absolute Gasteiger partial charge is 0.481 e. The Balaban J connectivity index is 4.48. The first-order chi connectivity index (χ1) is 7.54. The van der Waals surface area contributed by atoms with Crippen molar-refractivity contribution in [3.05, 3.63) is 0 Å².